The first-order valence-corrected chi connectivity index (χ1v) is 11.5. The van der Waals surface area contributed by atoms with Crippen molar-refractivity contribution in [3.05, 3.63) is 58.6 Å². The van der Waals surface area contributed by atoms with Crippen LogP contribution in [0.3, 0.4) is 0 Å². The Morgan fingerprint density at radius 3 is 2.26 bits per heavy atom. The van der Waals surface area contributed by atoms with E-state index in [4.69, 9.17) is 11.6 Å². The highest BCUT2D eigenvalue weighted by molar-refractivity contribution is 7.92. The second-order valence-corrected chi connectivity index (χ2v) is 9.84. The SMILES string of the molecule is CCC(C(=O)Nc1cc(O)c(NC(=O)C=C(C)C)cc1Cl)S(=O)(=O)c1ccc(C)cc1. The van der Waals surface area contributed by atoms with Gasteiger partial charge in [-0.2, -0.15) is 0 Å². The molecule has 0 aromatic heterocycles. The Morgan fingerprint density at radius 1 is 1.10 bits per heavy atom. The molecule has 0 aliphatic carbocycles. The molecule has 2 aromatic rings. The lowest BCUT2D eigenvalue weighted by atomic mass is 10.2. The molecule has 2 aromatic carbocycles. The maximum atomic E-state index is 12.9. The van der Waals surface area contributed by atoms with Gasteiger partial charge in [0.2, 0.25) is 11.8 Å². The zero-order valence-corrected chi connectivity index (χ0v) is 19.3. The number of sulfone groups is 1. The van der Waals surface area contributed by atoms with Crippen molar-refractivity contribution < 1.29 is 23.1 Å². The Labute approximate surface area is 187 Å². The lowest BCUT2D eigenvalue weighted by molar-refractivity contribution is -0.116. The molecule has 0 radical (unpaired) electrons. The number of halogens is 1. The lowest BCUT2D eigenvalue weighted by Crippen LogP contribution is -2.34. The molecule has 0 heterocycles. The van der Waals surface area contributed by atoms with Gasteiger partial charge in [0.05, 0.1) is 21.3 Å². The van der Waals surface area contributed by atoms with Crippen molar-refractivity contribution in [3.8, 4) is 5.75 Å². The molecule has 0 aliphatic rings. The van der Waals surface area contributed by atoms with Crippen LogP contribution < -0.4 is 10.6 Å². The molecule has 1 unspecified atom stereocenters. The number of aromatic hydroxyl groups is 1. The third kappa shape index (κ3) is 6.08. The maximum absolute atomic E-state index is 12.9. The second-order valence-electron chi connectivity index (χ2n) is 7.30. The van der Waals surface area contributed by atoms with E-state index < -0.39 is 26.9 Å². The molecule has 0 fully saturated rings. The summed E-state index contributed by atoms with van der Waals surface area (Å²) in [6.07, 6.45) is 1.40. The van der Waals surface area contributed by atoms with Gasteiger partial charge in [-0.05, 0) is 45.4 Å². The summed E-state index contributed by atoms with van der Waals surface area (Å²) in [4.78, 5) is 24.7. The highest BCUT2D eigenvalue weighted by atomic mass is 35.5. The van der Waals surface area contributed by atoms with Crippen LogP contribution in [0.2, 0.25) is 5.02 Å². The molecule has 2 rings (SSSR count). The summed E-state index contributed by atoms with van der Waals surface area (Å²) in [6.45, 7) is 6.93. The summed E-state index contributed by atoms with van der Waals surface area (Å²) in [7, 11) is -3.93. The monoisotopic (exact) mass is 464 g/mol. The predicted octanol–water partition coefficient (Wildman–Crippen LogP) is 4.45. The van der Waals surface area contributed by atoms with Crippen LogP contribution >= 0.6 is 11.6 Å². The van der Waals surface area contributed by atoms with Gasteiger partial charge in [-0.15, -0.1) is 0 Å². The molecule has 0 saturated carbocycles. The number of carbonyl (C=O) groups excluding carboxylic acids is 2. The summed E-state index contributed by atoms with van der Waals surface area (Å²) in [5.74, 6) is -1.55. The van der Waals surface area contributed by atoms with E-state index in [1.54, 1.807) is 32.9 Å². The van der Waals surface area contributed by atoms with Gasteiger partial charge < -0.3 is 15.7 Å². The number of amides is 2. The molecule has 1 atom stereocenters. The van der Waals surface area contributed by atoms with Crippen LogP contribution in [0.25, 0.3) is 0 Å². The lowest BCUT2D eigenvalue weighted by Gasteiger charge is -2.17. The molecule has 31 heavy (non-hydrogen) atoms. The predicted molar refractivity (Wildman–Crippen MR) is 122 cm³/mol. The Kier molecular flexibility index (Phi) is 7.86. The topological polar surface area (TPSA) is 113 Å². The molecule has 166 valence electrons. The molecule has 2 amide bonds. The number of allylic oxidation sites excluding steroid dienone is 1. The van der Waals surface area contributed by atoms with E-state index in [0.717, 1.165) is 17.2 Å². The van der Waals surface area contributed by atoms with Gasteiger partial charge in [0.15, 0.2) is 9.84 Å². The molecule has 9 heteroatoms. The third-order valence-corrected chi connectivity index (χ3v) is 6.95. The number of benzene rings is 2. The first-order valence-electron chi connectivity index (χ1n) is 9.55. The van der Waals surface area contributed by atoms with Crippen molar-refractivity contribution in [1.29, 1.82) is 0 Å². The van der Waals surface area contributed by atoms with E-state index in [1.807, 2.05) is 6.92 Å². The number of hydrogen-bond donors (Lipinski definition) is 3. The van der Waals surface area contributed by atoms with Gasteiger partial charge in [0, 0.05) is 12.1 Å². The van der Waals surface area contributed by atoms with E-state index in [-0.39, 0.29) is 33.5 Å². The number of phenols is 1. The highest BCUT2D eigenvalue weighted by Gasteiger charge is 2.33. The Morgan fingerprint density at radius 2 is 1.71 bits per heavy atom. The average Bonchev–Trinajstić information content (AvgIpc) is 2.65. The summed E-state index contributed by atoms with van der Waals surface area (Å²) in [6, 6.07) is 8.68. The van der Waals surface area contributed by atoms with Gasteiger partial charge in [-0.1, -0.05) is 41.8 Å². The van der Waals surface area contributed by atoms with E-state index in [2.05, 4.69) is 10.6 Å². The minimum absolute atomic E-state index is 0.0289. The van der Waals surface area contributed by atoms with Gasteiger partial charge in [0.1, 0.15) is 11.0 Å². The number of carbonyl (C=O) groups is 2. The number of rotatable bonds is 7. The zero-order valence-electron chi connectivity index (χ0n) is 17.7. The minimum atomic E-state index is -3.93. The van der Waals surface area contributed by atoms with Crippen LogP contribution in [-0.4, -0.2) is 30.6 Å². The Bertz CT molecular complexity index is 1120. The summed E-state index contributed by atoms with van der Waals surface area (Å²) >= 11 is 6.19. The van der Waals surface area contributed by atoms with Gasteiger partial charge in [0.25, 0.3) is 0 Å². The van der Waals surface area contributed by atoms with E-state index >= 15 is 0 Å². The Balaban J connectivity index is 2.27. The fourth-order valence-corrected chi connectivity index (χ4v) is 4.67. The van der Waals surface area contributed by atoms with Gasteiger partial charge in [-0.25, -0.2) is 8.42 Å². The Hall–Kier alpha value is -2.84. The van der Waals surface area contributed by atoms with Crippen LogP contribution in [0, 0.1) is 6.92 Å². The van der Waals surface area contributed by atoms with Crippen LogP contribution in [-0.2, 0) is 19.4 Å². The largest absolute Gasteiger partial charge is 0.506 e. The highest BCUT2D eigenvalue weighted by Crippen LogP contribution is 2.34. The van der Waals surface area contributed by atoms with Crippen LogP contribution in [0.15, 0.2) is 52.9 Å². The van der Waals surface area contributed by atoms with E-state index in [0.29, 0.717) is 0 Å². The average molecular weight is 465 g/mol. The van der Waals surface area contributed by atoms with E-state index in [1.165, 1.54) is 24.3 Å². The molecule has 0 bridgehead atoms. The molecular formula is C22H25ClN2O5S. The second kappa shape index (κ2) is 9.98. The van der Waals surface area contributed by atoms with Crippen molar-refractivity contribution in [1.82, 2.24) is 0 Å². The summed E-state index contributed by atoms with van der Waals surface area (Å²) < 4.78 is 25.9. The number of anilines is 2. The van der Waals surface area contributed by atoms with Crippen molar-refractivity contribution in [2.45, 2.75) is 44.3 Å². The minimum Gasteiger partial charge on any atom is -0.506 e. The third-order valence-electron chi connectivity index (χ3n) is 4.41. The quantitative estimate of drug-likeness (QED) is 0.414. The maximum Gasteiger partial charge on any atom is 0.248 e. The van der Waals surface area contributed by atoms with Gasteiger partial charge in [-0.3, -0.25) is 9.59 Å². The number of hydrogen-bond acceptors (Lipinski definition) is 5. The first kappa shape index (κ1) is 24.4. The fourth-order valence-electron chi connectivity index (χ4n) is 2.84. The van der Waals surface area contributed by atoms with Crippen molar-refractivity contribution in [3.63, 3.8) is 0 Å². The molecule has 0 aliphatic heterocycles. The zero-order chi connectivity index (χ0) is 23.3. The number of nitrogens with one attached hydrogen (secondary N) is 2. The standard InChI is InChI=1S/C22H25ClN2O5S/c1-5-20(31(29,30)15-8-6-14(4)7-9-15)22(28)25-17-12-19(26)18(11-16(17)23)24-21(27)10-13(2)3/h6-12,20,26H,5H2,1-4H3,(H,24,27)(H,25,28). The van der Waals surface area contributed by atoms with Crippen molar-refractivity contribution in [2.75, 3.05) is 10.6 Å². The van der Waals surface area contributed by atoms with Crippen LogP contribution in [0.4, 0.5) is 11.4 Å². The number of aryl methyl sites for hydroxylation is 1. The molecule has 7 nitrogen and oxygen atoms in total. The smallest absolute Gasteiger partial charge is 0.248 e. The van der Waals surface area contributed by atoms with Crippen LogP contribution in [0.5, 0.6) is 5.75 Å². The summed E-state index contributed by atoms with van der Waals surface area (Å²) in [5, 5.41) is 13.9. The normalized spacial score (nSPS) is 12.0. The van der Waals surface area contributed by atoms with Crippen LogP contribution in [0.1, 0.15) is 32.8 Å². The van der Waals surface area contributed by atoms with Gasteiger partial charge >= 0.3 is 0 Å². The summed E-state index contributed by atoms with van der Waals surface area (Å²) in [5.41, 5.74) is 1.76. The fraction of sp³-hybridized carbons (Fsp3) is 0.273. The first-order chi connectivity index (χ1) is 14.4. The number of phenolic OH excluding ortho intramolecular Hbond substituents is 1. The molecule has 0 saturated heterocycles. The van der Waals surface area contributed by atoms with Crippen molar-refractivity contribution in [2.24, 2.45) is 0 Å². The molecule has 3 N–H and O–H groups in total. The molecular weight excluding hydrogens is 440 g/mol. The molecule has 0 spiro atoms. The van der Waals surface area contributed by atoms with E-state index in [9.17, 15) is 23.1 Å². The van der Waals surface area contributed by atoms with Crippen molar-refractivity contribution >= 4 is 44.6 Å².